The Morgan fingerprint density at radius 2 is 1.95 bits per heavy atom. The molecule has 1 amide bonds. The van der Waals surface area contributed by atoms with Crippen LogP contribution in [0.15, 0.2) is 35.2 Å². The number of hydrogen-bond donors (Lipinski definition) is 1. The highest BCUT2D eigenvalue weighted by Gasteiger charge is 2.24. The van der Waals surface area contributed by atoms with Gasteiger partial charge in [0.1, 0.15) is 0 Å². The second-order valence-electron chi connectivity index (χ2n) is 4.40. The average molecular weight is 301 g/mol. The van der Waals surface area contributed by atoms with Gasteiger partial charge in [-0.25, -0.2) is 0 Å². The lowest BCUT2D eigenvalue weighted by Crippen LogP contribution is -2.49. The molecule has 1 aromatic rings. The molecule has 0 spiro atoms. The van der Waals surface area contributed by atoms with E-state index in [1.807, 2.05) is 23.1 Å². The van der Waals surface area contributed by atoms with E-state index >= 15 is 0 Å². The van der Waals surface area contributed by atoms with Gasteiger partial charge >= 0.3 is 0 Å². The van der Waals surface area contributed by atoms with Crippen LogP contribution in [0.25, 0.3) is 0 Å². The largest absolute Gasteiger partial charge is 0.339 e. The Hall–Kier alpha value is -0.710. The van der Waals surface area contributed by atoms with Crippen LogP contribution in [0.3, 0.4) is 0 Å². The predicted octanol–water partition coefficient (Wildman–Crippen LogP) is 2.41. The van der Waals surface area contributed by atoms with Crippen molar-refractivity contribution in [3.63, 3.8) is 0 Å². The molecule has 0 radical (unpaired) electrons. The Kier molecular flexibility index (Phi) is 7.28. The van der Waals surface area contributed by atoms with Gasteiger partial charge in [0.2, 0.25) is 5.91 Å². The number of halogens is 1. The molecule has 1 aliphatic rings. The average Bonchev–Trinajstić information content (AvgIpc) is 2.46. The van der Waals surface area contributed by atoms with Gasteiger partial charge in [0.15, 0.2) is 0 Å². The van der Waals surface area contributed by atoms with Crippen molar-refractivity contribution in [2.75, 3.05) is 26.2 Å². The number of benzene rings is 1. The number of piperazine rings is 1. The number of rotatable bonds is 4. The molecule has 5 heteroatoms. The summed E-state index contributed by atoms with van der Waals surface area (Å²) >= 11 is 1.68. The lowest BCUT2D eigenvalue weighted by atomic mass is 10.2. The molecular weight excluding hydrogens is 280 g/mol. The Morgan fingerprint density at radius 3 is 2.53 bits per heavy atom. The number of nitrogens with one attached hydrogen (secondary N) is 1. The van der Waals surface area contributed by atoms with Crippen molar-refractivity contribution in [3.05, 3.63) is 30.3 Å². The number of hydrogen-bond acceptors (Lipinski definition) is 3. The molecule has 1 N–H and O–H groups in total. The summed E-state index contributed by atoms with van der Waals surface area (Å²) in [5.74, 6) is 0.285. The molecule has 1 atom stereocenters. The van der Waals surface area contributed by atoms with E-state index in [1.54, 1.807) is 11.8 Å². The Balaban J connectivity index is 0.00000180. The first-order valence-electron chi connectivity index (χ1n) is 6.52. The third-order valence-corrected chi connectivity index (χ3v) is 4.46. The summed E-state index contributed by atoms with van der Waals surface area (Å²) in [4.78, 5) is 15.6. The minimum atomic E-state index is 0. The summed E-state index contributed by atoms with van der Waals surface area (Å²) in [6.07, 6.45) is 0.877. The van der Waals surface area contributed by atoms with Crippen molar-refractivity contribution in [1.29, 1.82) is 0 Å². The number of carbonyl (C=O) groups excluding carboxylic acids is 1. The second-order valence-corrected chi connectivity index (χ2v) is 5.68. The van der Waals surface area contributed by atoms with Crippen LogP contribution >= 0.6 is 24.2 Å². The minimum absolute atomic E-state index is 0. The van der Waals surface area contributed by atoms with Gasteiger partial charge in [-0.2, -0.15) is 0 Å². The zero-order valence-corrected chi connectivity index (χ0v) is 12.8. The molecule has 1 saturated heterocycles. The topological polar surface area (TPSA) is 32.3 Å². The fourth-order valence-electron chi connectivity index (χ4n) is 2.06. The molecule has 1 aromatic carbocycles. The molecule has 19 heavy (non-hydrogen) atoms. The molecule has 0 saturated carbocycles. The van der Waals surface area contributed by atoms with Crippen LogP contribution in [-0.2, 0) is 4.79 Å². The van der Waals surface area contributed by atoms with Crippen LogP contribution < -0.4 is 5.32 Å². The molecule has 0 aromatic heterocycles. The third kappa shape index (κ3) is 4.71. The number of nitrogens with zero attached hydrogens (tertiary/aromatic N) is 1. The maximum Gasteiger partial charge on any atom is 0.236 e. The van der Waals surface area contributed by atoms with Gasteiger partial charge in [-0.05, 0) is 18.6 Å². The molecule has 1 aliphatic heterocycles. The van der Waals surface area contributed by atoms with Gasteiger partial charge in [-0.15, -0.1) is 24.2 Å². The van der Waals surface area contributed by atoms with Crippen LogP contribution in [0.2, 0.25) is 0 Å². The Bertz CT molecular complexity index is 382. The van der Waals surface area contributed by atoms with E-state index in [9.17, 15) is 4.79 Å². The standard InChI is InChI=1S/C14H20N2OS.ClH/c1-2-13(18-12-6-4-3-5-7-12)14(17)16-10-8-15-9-11-16;/h3-7,13,15H,2,8-11H2,1H3;1H. The summed E-state index contributed by atoms with van der Waals surface area (Å²) in [7, 11) is 0. The fraction of sp³-hybridized carbons (Fsp3) is 0.500. The molecule has 106 valence electrons. The predicted molar refractivity (Wildman–Crippen MR) is 83.1 cm³/mol. The highest BCUT2D eigenvalue weighted by molar-refractivity contribution is 8.00. The van der Waals surface area contributed by atoms with E-state index in [1.165, 1.54) is 4.90 Å². The third-order valence-electron chi connectivity index (χ3n) is 3.10. The van der Waals surface area contributed by atoms with Crippen LogP contribution in [0.5, 0.6) is 0 Å². The molecule has 1 heterocycles. The smallest absolute Gasteiger partial charge is 0.236 e. The lowest BCUT2D eigenvalue weighted by molar-refractivity contribution is -0.131. The summed E-state index contributed by atoms with van der Waals surface area (Å²) in [5.41, 5.74) is 0. The Morgan fingerprint density at radius 1 is 1.32 bits per heavy atom. The first-order chi connectivity index (χ1) is 8.81. The monoisotopic (exact) mass is 300 g/mol. The molecular formula is C14H21ClN2OS. The van der Waals surface area contributed by atoms with Gasteiger partial charge in [0, 0.05) is 31.1 Å². The molecule has 1 fully saturated rings. The zero-order chi connectivity index (χ0) is 12.8. The summed E-state index contributed by atoms with van der Waals surface area (Å²) in [6.45, 7) is 5.59. The highest BCUT2D eigenvalue weighted by Crippen LogP contribution is 2.26. The fourth-order valence-corrected chi connectivity index (χ4v) is 3.12. The van der Waals surface area contributed by atoms with Gasteiger partial charge in [0.25, 0.3) is 0 Å². The van der Waals surface area contributed by atoms with Crippen molar-refractivity contribution in [1.82, 2.24) is 10.2 Å². The van der Waals surface area contributed by atoms with Crippen LogP contribution in [0.4, 0.5) is 0 Å². The van der Waals surface area contributed by atoms with E-state index in [2.05, 4.69) is 24.4 Å². The quantitative estimate of drug-likeness (QED) is 0.867. The van der Waals surface area contributed by atoms with Crippen LogP contribution in [-0.4, -0.2) is 42.2 Å². The maximum absolute atomic E-state index is 12.4. The number of carbonyl (C=O) groups is 1. The van der Waals surface area contributed by atoms with Crippen molar-refractivity contribution in [3.8, 4) is 0 Å². The van der Waals surface area contributed by atoms with Crippen molar-refractivity contribution >= 4 is 30.1 Å². The zero-order valence-electron chi connectivity index (χ0n) is 11.2. The van der Waals surface area contributed by atoms with Crippen molar-refractivity contribution in [2.45, 2.75) is 23.5 Å². The van der Waals surface area contributed by atoms with Crippen LogP contribution in [0.1, 0.15) is 13.3 Å². The van der Waals surface area contributed by atoms with Crippen LogP contribution in [0, 0.1) is 0 Å². The van der Waals surface area contributed by atoms with Gasteiger partial charge in [-0.3, -0.25) is 4.79 Å². The van der Waals surface area contributed by atoms with E-state index < -0.39 is 0 Å². The number of amides is 1. The first kappa shape index (κ1) is 16.3. The Labute approximate surface area is 125 Å². The summed E-state index contributed by atoms with van der Waals surface area (Å²) in [6, 6.07) is 10.2. The molecule has 2 rings (SSSR count). The van der Waals surface area contributed by atoms with Gasteiger partial charge < -0.3 is 10.2 Å². The molecule has 0 aliphatic carbocycles. The molecule has 0 bridgehead atoms. The lowest BCUT2D eigenvalue weighted by Gasteiger charge is -2.30. The van der Waals surface area contributed by atoms with E-state index in [4.69, 9.17) is 0 Å². The minimum Gasteiger partial charge on any atom is -0.339 e. The summed E-state index contributed by atoms with van der Waals surface area (Å²) < 4.78 is 0. The van der Waals surface area contributed by atoms with Gasteiger partial charge in [-0.1, -0.05) is 25.1 Å². The highest BCUT2D eigenvalue weighted by atomic mass is 35.5. The van der Waals surface area contributed by atoms with Crippen molar-refractivity contribution < 1.29 is 4.79 Å². The number of thioether (sulfide) groups is 1. The van der Waals surface area contributed by atoms with E-state index in [-0.39, 0.29) is 23.6 Å². The SMILES string of the molecule is CCC(Sc1ccccc1)C(=O)N1CCNCC1.Cl. The normalized spacial score (nSPS) is 16.6. The second kappa shape index (κ2) is 8.46. The summed E-state index contributed by atoms with van der Waals surface area (Å²) in [5, 5.41) is 3.32. The molecule has 3 nitrogen and oxygen atoms in total. The van der Waals surface area contributed by atoms with Crippen molar-refractivity contribution in [2.24, 2.45) is 0 Å². The van der Waals surface area contributed by atoms with E-state index in [0.717, 1.165) is 32.6 Å². The molecule has 1 unspecified atom stereocenters. The van der Waals surface area contributed by atoms with E-state index in [0.29, 0.717) is 0 Å². The van der Waals surface area contributed by atoms with Gasteiger partial charge in [0.05, 0.1) is 5.25 Å². The maximum atomic E-state index is 12.4. The first-order valence-corrected chi connectivity index (χ1v) is 7.40.